The smallest absolute Gasteiger partial charge is 0.246 e. The molecule has 0 aliphatic heterocycles. The van der Waals surface area contributed by atoms with Gasteiger partial charge >= 0.3 is 0 Å². The zero-order valence-corrected chi connectivity index (χ0v) is 17.5. The first kappa shape index (κ1) is 22.6. The minimum absolute atomic E-state index is 0.00535. The zero-order chi connectivity index (χ0) is 20.9. The first-order valence-corrected chi connectivity index (χ1v) is 10.4. The van der Waals surface area contributed by atoms with Gasteiger partial charge in [-0.3, -0.25) is 9.59 Å². The van der Waals surface area contributed by atoms with E-state index in [1.54, 1.807) is 11.8 Å². The van der Waals surface area contributed by atoms with Crippen LogP contribution in [0.15, 0.2) is 60.7 Å². The molecule has 0 saturated carbocycles. The highest BCUT2D eigenvalue weighted by Gasteiger charge is 2.24. The summed E-state index contributed by atoms with van der Waals surface area (Å²) in [5.74, 6) is -0.175. The van der Waals surface area contributed by atoms with Crippen molar-refractivity contribution in [1.82, 2.24) is 4.90 Å². The van der Waals surface area contributed by atoms with E-state index in [0.29, 0.717) is 32.6 Å². The Morgan fingerprint density at radius 3 is 2.31 bits per heavy atom. The summed E-state index contributed by atoms with van der Waals surface area (Å²) in [6, 6.07) is 19.0. The van der Waals surface area contributed by atoms with Gasteiger partial charge in [0.1, 0.15) is 6.04 Å². The molecule has 2 amide bonds. The fourth-order valence-electron chi connectivity index (χ4n) is 3.09. The molecule has 2 aromatic rings. The molecule has 0 aliphatic carbocycles. The minimum atomic E-state index is -0.512. The Balaban J connectivity index is 1.73. The standard InChI is InChI=1S/C24H32N2O3/c1-3-17-26(20(2)24(28)25-22-13-8-5-9-14-22)23(27)15-10-18-29-19-16-21-11-6-4-7-12-21/h4-9,11-14,20H,3,10,15-19H2,1-2H3,(H,25,28). The molecule has 1 N–H and O–H groups in total. The summed E-state index contributed by atoms with van der Waals surface area (Å²) in [5, 5.41) is 2.88. The van der Waals surface area contributed by atoms with E-state index in [1.807, 2.05) is 55.5 Å². The predicted octanol–water partition coefficient (Wildman–Crippen LogP) is 4.29. The molecule has 0 bridgehead atoms. The number of hydrogen-bond donors (Lipinski definition) is 1. The van der Waals surface area contributed by atoms with Crippen LogP contribution in [0.1, 0.15) is 38.7 Å². The van der Waals surface area contributed by atoms with E-state index in [2.05, 4.69) is 17.4 Å². The van der Waals surface area contributed by atoms with E-state index in [1.165, 1.54) is 5.56 Å². The Morgan fingerprint density at radius 1 is 1.00 bits per heavy atom. The SMILES string of the molecule is CCCN(C(=O)CCCOCCc1ccccc1)C(C)C(=O)Nc1ccccc1. The van der Waals surface area contributed by atoms with Gasteiger partial charge in [0.2, 0.25) is 11.8 Å². The lowest BCUT2D eigenvalue weighted by Crippen LogP contribution is -2.46. The quantitative estimate of drug-likeness (QED) is 0.545. The van der Waals surface area contributed by atoms with Crippen molar-refractivity contribution in [1.29, 1.82) is 0 Å². The van der Waals surface area contributed by atoms with Crippen molar-refractivity contribution >= 4 is 17.5 Å². The normalized spacial score (nSPS) is 11.7. The highest BCUT2D eigenvalue weighted by atomic mass is 16.5. The third kappa shape index (κ3) is 8.08. The average Bonchev–Trinajstić information content (AvgIpc) is 2.75. The van der Waals surface area contributed by atoms with Crippen LogP contribution in [-0.2, 0) is 20.7 Å². The van der Waals surface area contributed by atoms with Crippen molar-refractivity contribution in [2.75, 3.05) is 25.1 Å². The molecule has 0 fully saturated rings. The molecule has 0 radical (unpaired) electrons. The van der Waals surface area contributed by atoms with Crippen LogP contribution in [0.4, 0.5) is 5.69 Å². The number of hydrogen-bond acceptors (Lipinski definition) is 3. The summed E-state index contributed by atoms with van der Waals surface area (Å²) in [5.41, 5.74) is 1.98. The molecule has 5 heteroatoms. The lowest BCUT2D eigenvalue weighted by Gasteiger charge is -2.28. The van der Waals surface area contributed by atoms with Crippen LogP contribution in [0.5, 0.6) is 0 Å². The fraction of sp³-hybridized carbons (Fsp3) is 0.417. The predicted molar refractivity (Wildman–Crippen MR) is 117 cm³/mol. The molecule has 1 atom stereocenters. The molecular weight excluding hydrogens is 364 g/mol. The Kier molecular flexibility index (Phi) is 9.93. The molecule has 2 rings (SSSR count). The van der Waals surface area contributed by atoms with Gasteiger partial charge in [0.05, 0.1) is 6.61 Å². The van der Waals surface area contributed by atoms with Crippen LogP contribution in [-0.4, -0.2) is 42.5 Å². The largest absolute Gasteiger partial charge is 0.381 e. The van der Waals surface area contributed by atoms with Crippen LogP contribution < -0.4 is 5.32 Å². The van der Waals surface area contributed by atoms with Crippen molar-refractivity contribution in [3.8, 4) is 0 Å². The molecule has 156 valence electrons. The third-order valence-corrected chi connectivity index (χ3v) is 4.73. The van der Waals surface area contributed by atoms with E-state index >= 15 is 0 Å². The lowest BCUT2D eigenvalue weighted by molar-refractivity contribution is -0.138. The second kappa shape index (κ2) is 12.7. The highest BCUT2D eigenvalue weighted by Crippen LogP contribution is 2.11. The maximum atomic E-state index is 12.7. The van der Waals surface area contributed by atoms with Gasteiger partial charge in [0, 0.05) is 25.3 Å². The second-order valence-electron chi connectivity index (χ2n) is 7.07. The first-order valence-electron chi connectivity index (χ1n) is 10.4. The van der Waals surface area contributed by atoms with Crippen LogP contribution >= 0.6 is 0 Å². The van der Waals surface area contributed by atoms with Gasteiger partial charge < -0.3 is 15.0 Å². The number of carbonyl (C=O) groups excluding carboxylic acids is 2. The number of rotatable bonds is 12. The number of nitrogens with one attached hydrogen (secondary N) is 1. The molecular formula is C24H32N2O3. The van der Waals surface area contributed by atoms with E-state index in [-0.39, 0.29) is 11.8 Å². The maximum Gasteiger partial charge on any atom is 0.246 e. The molecule has 5 nitrogen and oxygen atoms in total. The van der Waals surface area contributed by atoms with Crippen LogP contribution in [0.2, 0.25) is 0 Å². The molecule has 29 heavy (non-hydrogen) atoms. The van der Waals surface area contributed by atoms with E-state index in [0.717, 1.165) is 18.5 Å². The average molecular weight is 397 g/mol. The molecule has 0 heterocycles. The summed E-state index contributed by atoms with van der Waals surface area (Å²) >= 11 is 0. The lowest BCUT2D eigenvalue weighted by atomic mass is 10.2. The third-order valence-electron chi connectivity index (χ3n) is 4.73. The molecule has 1 unspecified atom stereocenters. The number of benzene rings is 2. The monoisotopic (exact) mass is 396 g/mol. The second-order valence-corrected chi connectivity index (χ2v) is 7.07. The van der Waals surface area contributed by atoms with E-state index in [9.17, 15) is 9.59 Å². The van der Waals surface area contributed by atoms with Crippen LogP contribution in [0, 0.1) is 0 Å². The number of carbonyl (C=O) groups is 2. The van der Waals surface area contributed by atoms with Crippen molar-refractivity contribution < 1.29 is 14.3 Å². The molecule has 0 aliphatic rings. The van der Waals surface area contributed by atoms with E-state index in [4.69, 9.17) is 4.74 Å². The van der Waals surface area contributed by atoms with Crippen molar-refractivity contribution in [3.05, 3.63) is 66.2 Å². The first-order chi connectivity index (χ1) is 14.1. The summed E-state index contributed by atoms with van der Waals surface area (Å²) in [6.07, 6.45) is 2.71. The van der Waals surface area contributed by atoms with Crippen molar-refractivity contribution in [2.45, 2.75) is 45.6 Å². The number of amides is 2. The fourth-order valence-corrected chi connectivity index (χ4v) is 3.09. The molecule has 0 spiro atoms. The summed E-state index contributed by atoms with van der Waals surface area (Å²) < 4.78 is 5.66. The van der Waals surface area contributed by atoms with Gasteiger partial charge in [-0.15, -0.1) is 0 Å². The van der Waals surface area contributed by atoms with Gasteiger partial charge in [-0.25, -0.2) is 0 Å². The number of ether oxygens (including phenoxy) is 1. The van der Waals surface area contributed by atoms with Crippen LogP contribution in [0.25, 0.3) is 0 Å². The van der Waals surface area contributed by atoms with Gasteiger partial charge in [0.15, 0.2) is 0 Å². The van der Waals surface area contributed by atoms with Crippen LogP contribution in [0.3, 0.4) is 0 Å². The zero-order valence-electron chi connectivity index (χ0n) is 17.5. The number of nitrogens with zero attached hydrogens (tertiary/aromatic N) is 1. The Hall–Kier alpha value is -2.66. The van der Waals surface area contributed by atoms with Gasteiger partial charge in [-0.1, -0.05) is 55.5 Å². The highest BCUT2D eigenvalue weighted by molar-refractivity contribution is 5.96. The maximum absolute atomic E-state index is 12.7. The van der Waals surface area contributed by atoms with Gasteiger partial charge in [-0.2, -0.15) is 0 Å². The van der Waals surface area contributed by atoms with Gasteiger partial charge in [-0.05, 0) is 43.9 Å². The number of anilines is 1. The Morgan fingerprint density at radius 2 is 1.66 bits per heavy atom. The van der Waals surface area contributed by atoms with Crippen molar-refractivity contribution in [3.63, 3.8) is 0 Å². The molecule has 0 aromatic heterocycles. The molecule has 2 aromatic carbocycles. The number of para-hydroxylation sites is 1. The Labute approximate surface area is 174 Å². The Bertz CT molecular complexity index is 734. The summed E-state index contributed by atoms with van der Waals surface area (Å²) in [7, 11) is 0. The van der Waals surface area contributed by atoms with Gasteiger partial charge in [0.25, 0.3) is 0 Å². The molecule has 0 saturated heterocycles. The van der Waals surface area contributed by atoms with E-state index < -0.39 is 6.04 Å². The topological polar surface area (TPSA) is 58.6 Å². The minimum Gasteiger partial charge on any atom is -0.381 e. The summed E-state index contributed by atoms with van der Waals surface area (Å²) in [4.78, 5) is 26.9. The van der Waals surface area contributed by atoms with Crippen molar-refractivity contribution in [2.24, 2.45) is 0 Å². The summed E-state index contributed by atoms with van der Waals surface area (Å²) in [6.45, 7) is 5.55.